The molecule has 0 aliphatic heterocycles. The van der Waals surface area contributed by atoms with Gasteiger partial charge in [0.15, 0.2) is 6.61 Å². The van der Waals surface area contributed by atoms with Crippen molar-refractivity contribution in [3.63, 3.8) is 0 Å². The largest absolute Gasteiger partial charge is 0.451 e. The molecule has 1 aromatic heterocycles. The van der Waals surface area contributed by atoms with Gasteiger partial charge < -0.3 is 10.1 Å². The van der Waals surface area contributed by atoms with E-state index in [9.17, 15) is 9.59 Å². The van der Waals surface area contributed by atoms with Crippen molar-refractivity contribution >= 4 is 40.5 Å². The molecule has 0 aliphatic rings. The molecule has 0 fully saturated rings. The second kappa shape index (κ2) is 6.74. The zero-order valence-electron chi connectivity index (χ0n) is 11.6. The number of halogens is 1. The Labute approximate surface area is 131 Å². The first kappa shape index (κ1) is 15.5. The molecule has 1 aromatic carbocycles. The van der Waals surface area contributed by atoms with Crippen molar-refractivity contribution in [1.82, 2.24) is 0 Å². The van der Waals surface area contributed by atoms with Crippen LogP contribution in [0.2, 0.25) is 5.02 Å². The number of hydrogen-bond donors (Lipinski definition) is 1. The Hall–Kier alpha value is -1.85. The van der Waals surface area contributed by atoms with E-state index in [1.165, 1.54) is 11.3 Å². The number of anilines is 1. The summed E-state index contributed by atoms with van der Waals surface area (Å²) in [4.78, 5) is 25.0. The van der Waals surface area contributed by atoms with Gasteiger partial charge >= 0.3 is 5.97 Å². The first-order valence-corrected chi connectivity index (χ1v) is 7.45. The van der Waals surface area contributed by atoms with Crippen LogP contribution in [0.4, 0.5) is 5.69 Å². The summed E-state index contributed by atoms with van der Waals surface area (Å²) in [5.74, 6) is -0.877. The van der Waals surface area contributed by atoms with E-state index in [1.54, 1.807) is 24.3 Å². The lowest BCUT2D eigenvalue weighted by molar-refractivity contribution is -0.119. The molecule has 1 heterocycles. The third kappa shape index (κ3) is 4.31. The van der Waals surface area contributed by atoms with E-state index in [2.05, 4.69) is 5.32 Å². The lowest BCUT2D eigenvalue weighted by Crippen LogP contribution is -2.21. The summed E-state index contributed by atoms with van der Waals surface area (Å²) < 4.78 is 4.97. The van der Waals surface area contributed by atoms with Gasteiger partial charge in [-0.3, -0.25) is 4.79 Å². The van der Waals surface area contributed by atoms with E-state index in [0.29, 0.717) is 15.6 Å². The van der Waals surface area contributed by atoms with Crippen molar-refractivity contribution in [2.75, 3.05) is 11.9 Å². The number of carbonyl (C=O) groups excluding carboxylic acids is 2. The van der Waals surface area contributed by atoms with Crippen LogP contribution in [0, 0.1) is 13.8 Å². The highest BCUT2D eigenvalue weighted by Crippen LogP contribution is 2.19. The average molecular weight is 324 g/mol. The first-order chi connectivity index (χ1) is 9.95. The summed E-state index contributed by atoms with van der Waals surface area (Å²) in [6, 6.07) is 8.66. The molecule has 110 valence electrons. The number of ether oxygens (including phenoxy) is 1. The van der Waals surface area contributed by atoms with Gasteiger partial charge in [-0.15, -0.1) is 11.3 Å². The fraction of sp³-hybridized carbons (Fsp3) is 0.200. The summed E-state index contributed by atoms with van der Waals surface area (Å²) in [6.07, 6.45) is 0. The molecular weight excluding hydrogens is 310 g/mol. The van der Waals surface area contributed by atoms with Crippen LogP contribution in [0.5, 0.6) is 0 Å². The van der Waals surface area contributed by atoms with Crippen LogP contribution in [-0.4, -0.2) is 18.5 Å². The number of nitrogens with one attached hydrogen (secondary N) is 1. The SMILES string of the molecule is Cc1ccc(C(=O)OCC(=O)Nc2ccc(Cl)cc2C)s1. The molecule has 2 aromatic rings. The van der Waals surface area contributed by atoms with E-state index in [0.717, 1.165) is 10.4 Å². The Bertz CT molecular complexity index is 681. The lowest BCUT2D eigenvalue weighted by Gasteiger charge is -2.08. The maximum absolute atomic E-state index is 11.8. The van der Waals surface area contributed by atoms with Gasteiger partial charge in [0.2, 0.25) is 0 Å². The van der Waals surface area contributed by atoms with Crippen molar-refractivity contribution in [3.05, 3.63) is 50.7 Å². The minimum absolute atomic E-state index is 0.322. The second-order valence-electron chi connectivity index (χ2n) is 4.49. The zero-order valence-corrected chi connectivity index (χ0v) is 13.2. The van der Waals surface area contributed by atoms with Crippen molar-refractivity contribution in [2.24, 2.45) is 0 Å². The molecule has 0 radical (unpaired) electrons. The van der Waals surface area contributed by atoms with Gasteiger partial charge in [-0.1, -0.05) is 11.6 Å². The van der Waals surface area contributed by atoms with Gasteiger partial charge in [0.25, 0.3) is 5.91 Å². The van der Waals surface area contributed by atoms with Crippen LogP contribution in [0.25, 0.3) is 0 Å². The maximum atomic E-state index is 11.8. The van der Waals surface area contributed by atoms with Crippen LogP contribution < -0.4 is 5.32 Å². The molecule has 1 N–H and O–H groups in total. The van der Waals surface area contributed by atoms with Gasteiger partial charge in [-0.05, 0) is 49.7 Å². The minimum atomic E-state index is -0.490. The molecule has 0 saturated heterocycles. The summed E-state index contributed by atoms with van der Waals surface area (Å²) in [5.41, 5.74) is 1.49. The third-order valence-corrected chi connectivity index (χ3v) is 3.95. The van der Waals surface area contributed by atoms with Gasteiger partial charge in [0.1, 0.15) is 4.88 Å². The fourth-order valence-electron chi connectivity index (χ4n) is 1.70. The highest BCUT2D eigenvalue weighted by atomic mass is 35.5. The van der Waals surface area contributed by atoms with Gasteiger partial charge in [0, 0.05) is 15.6 Å². The number of thiophene rings is 1. The predicted octanol–water partition coefficient (Wildman–Crippen LogP) is 3.81. The smallest absolute Gasteiger partial charge is 0.348 e. The number of benzene rings is 1. The molecule has 1 amide bonds. The lowest BCUT2D eigenvalue weighted by atomic mass is 10.2. The maximum Gasteiger partial charge on any atom is 0.348 e. The van der Waals surface area contributed by atoms with E-state index in [1.807, 2.05) is 19.9 Å². The number of carbonyl (C=O) groups is 2. The van der Waals surface area contributed by atoms with Gasteiger partial charge in [-0.2, -0.15) is 0 Å². The molecule has 0 unspecified atom stereocenters. The molecule has 4 nitrogen and oxygen atoms in total. The van der Waals surface area contributed by atoms with Crippen LogP contribution in [0.15, 0.2) is 30.3 Å². The van der Waals surface area contributed by atoms with Crippen LogP contribution >= 0.6 is 22.9 Å². The van der Waals surface area contributed by atoms with Crippen LogP contribution in [0.1, 0.15) is 20.1 Å². The minimum Gasteiger partial charge on any atom is -0.451 e. The number of esters is 1. The van der Waals surface area contributed by atoms with Crippen molar-refractivity contribution in [1.29, 1.82) is 0 Å². The molecule has 0 spiro atoms. The molecule has 0 atom stereocenters. The van der Waals surface area contributed by atoms with E-state index < -0.39 is 5.97 Å². The van der Waals surface area contributed by atoms with Crippen LogP contribution in [0.3, 0.4) is 0 Å². The highest BCUT2D eigenvalue weighted by Gasteiger charge is 2.12. The van der Waals surface area contributed by atoms with Crippen molar-refractivity contribution < 1.29 is 14.3 Å². The molecule has 0 aliphatic carbocycles. The molecule has 0 saturated carbocycles. The van der Waals surface area contributed by atoms with Gasteiger partial charge in [0.05, 0.1) is 0 Å². The van der Waals surface area contributed by atoms with Crippen molar-refractivity contribution in [2.45, 2.75) is 13.8 Å². The number of rotatable bonds is 4. The molecule has 6 heteroatoms. The molecule has 21 heavy (non-hydrogen) atoms. The number of hydrogen-bond acceptors (Lipinski definition) is 4. The molecule has 0 bridgehead atoms. The standard InChI is InChI=1S/C15H14ClNO3S/c1-9-7-11(16)4-5-12(9)17-14(18)8-20-15(19)13-6-3-10(2)21-13/h3-7H,8H2,1-2H3,(H,17,18). The molecule has 2 rings (SSSR count). The second-order valence-corrected chi connectivity index (χ2v) is 6.22. The number of aryl methyl sites for hydroxylation is 2. The highest BCUT2D eigenvalue weighted by molar-refractivity contribution is 7.13. The first-order valence-electron chi connectivity index (χ1n) is 6.25. The summed E-state index contributed by atoms with van der Waals surface area (Å²) in [5, 5.41) is 3.28. The van der Waals surface area contributed by atoms with E-state index in [-0.39, 0.29) is 12.5 Å². The molecular formula is C15H14ClNO3S. The Kier molecular flexibility index (Phi) is 4.98. The normalized spacial score (nSPS) is 10.2. The fourth-order valence-corrected chi connectivity index (χ4v) is 2.69. The van der Waals surface area contributed by atoms with Crippen LogP contribution in [-0.2, 0) is 9.53 Å². The van der Waals surface area contributed by atoms with E-state index in [4.69, 9.17) is 16.3 Å². The zero-order chi connectivity index (χ0) is 15.4. The summed E-state index contributed by atoms with van der Waals surface area (Å²) >= 11 is 7.18. The topological polar surface area (TPSA) is 55.4 Å². The Morgan fingerprint density at radius 2 is 2.00 bits per heavy atom. The van der Waals surface area contributed by atoms with Gasteiger partial charge in [-0.25, -0.2) is 4.79 Å². The predicted molar refractivity (Wildman–Crippen MR) is 84.2 cm³/mol. The summed E-state index contributed by atoms with van der Waals surface area (Å²) in [6.45, 7) is 3.41. The third-order valence-electron chi connectivity index (χ3n) is 2.74. The van der Waals surface area contributed by atoms with E-state index >= 15 is 0 Å². The average Bonchev–Trinajstić information content (AvgIpc) is 2.86. The van der Waals surface area contributed by atoms with Crippen molar-refractivity contribution in [3.8, 4) is 0 Å². The summed E-state index contributed by atoms with van der Waals surface area (Å²) in [7, 11) is 0. The number of amides is 1. The quantitative estimate of drug-likeness (QED) is 0.870. The Morgan fingerprint density at radius 1 is 1.24 bits per heavy atom. The monoisotopic (exact) mass is 323 g/mol. The Balaban J connectivity index is 1.89. The Morgan fingerprint density at radius 3 is 2.62 bits per heavy atom.